The number of hydrogen-bond donors (Lipinski definition) is 2. The summed E-state index contributed by atoms with van der Waals surface area (Å²) in [5.74, 6) is 1.20. The zero-order chi connectivity index (χ0) is 22.4. The first-order chi connectivity index (χ1) is 14.9. The van der Waals surface area contributed by atoms with Crippen molar-refractivity contribution in [1.29, 1.82) is 0 Å². The van der Waals surface area contributed by atoms with Crippen LogP contribution in [0.5, 0.6) is 0 Å². The lowest BCUT2D eigenvalue weighted by atomic mass is 10.1. The molecule has 1 aromatic carbocycles. The van der Waals surface area contributed by atoms with Gasteiger partial charge in [0.05, 0.1) is 4.92 Å². The Labute approximate surface area is 182 Å². The van der Waals surface area contributed by atoms with E-state index in [-0.39, 0.29) is 22.6 Å². The molecule has 0 bridgehead atoms. The number of aromatic nitrogens is 2. The number of amides is 1. The number of nitro benzene ring substituents is 1. The number of carbonyl (C=O) groups is 1. The molecule has 1 amide bonds. The third-order valence-corrected chi connectivity index (χ3v) is 5.37. The maximum absolute atomic E-state index is 11.5. The summed E-state index contributed by atoms with van der Waals surface area (Å²) >= 11 is 0. The van der Waals surface area contributed by atoms with Gasteiger partial charge in [0.15, 0.2) is 0 Å². The molecule has 0 aliphatic carbocycles. The number of piperidine rings is 1. The van der Waals surface area contributed by atoms with Crippen molar-refractivity contribution < 1.29 is 9.72 Å². The van der Waals surface area contributed by atoms with Gasteiger partial charge in [-0.05, 0) is 38.7 Å². The molecule has 31 heavy (non-hydrogen) atoms. The fraction of sp³-hybridized carbons (Fsp3) is 0.500. The van der Waals surface area contributed by atoms with E-state index in [1.54, 1.807) is 19.1 Å². The monoisotopic (exact) mass is 426 g/mol. The molecule has 1 saturated heterocycles. The molecule has 1 aliphatic heterocycles. The topological polar surface area (TPSA) is 113 Å². The lowest BCUT2D eigenvalue weighted by Gasteiger charge is -2.34. The van der Waals surface area contributed by atoms with Crippen LogP contribution in [0.1, 0.15) is 50.8 Å². The Hall–Kier alpha value is -3.23. The Morgan fingerprint density at radius 3 is 2.84 bits per heavy atom. The maximum atomic E-state index is 11.5. The molecular weight excluding hydrogens is 396 g/mol. The van der Waals surface area contributed by atoms with Crippen molar-refractivity contribution in [2.45, 2.75) is 58.9 Å². The van der Waals surface area contributed by atoms with E-state index in [1.807, 2.05) is 6.07 Å². The van der Waals surface area contributed by atoms with Gasteiger partial charge in [-0.15, -0.1) is 0 Å². The number of nitrogens with one attached hydrogen (secondary N) is 2. The van der Waals surface area contributed by atoms with E-state index in [0.717, 1.165) is 50.2 Å². The summed E-state index contributed by atoms with van der Waals surface area (Å²) in [7, 11) is 0. The number of benzene rings is 1. The van der Waals surface area contributed by atoms with Gasteiger partial charge in [0.25, 0.3) is 5.69 Å². The zero-order valence-corrected chi connectivity index (χ0v) is 18.4. The average Bonchev–Trinajstić information content (AvgIpc) is 2.73. The molecule has 166 valence electrons. The Bertz CT molecular complexity index is 949. The summed E-state index contributed by atoms with van der Waals surface area (Å²) in [6, 6.07) is 7.11. The molecule has 1 fully saturated rings. The van der Waals surface area contributed by atoms with Crippen LogP contribution in [0.3, 0.4) is 0 Å². The van der Waals surface area contributed by atoms with Crippen molar-refractivity contribution in [3.05, 3.63) is 45.6 Å². The molecule has 1 unspecified atom stereocenters. The van der Waals surface area contributed by atoms with Crippen LogP contribution in [0.15, 0.2) is 24.3 Å². The molecule has 9 heteroatoms. The van der Waals surface area contributed by atoms with Gasteiger partial charge in [-0.25, -0.2) is 4.98 Å². The minimum absolute atomic E-state index is 0.0264. The predicted octanol–water partition coefficient (Wildman–Crippen LogP) is 3.88. The molecule has 0 saturated carbocycles. The van der Waals surface area contributed by atoms with Crippen LogP contribution in [0, 0.1) is 17.0 Å². The van der Waals surface area contributed by atoms with Crippen molar-refractivity contribution in [2.75, 3.05) is 23.3 Å². The summed E-state index contributed by atoms with van der Waals surface area (Å²) in [5.41, 5.74) is 2.16. The molecule has 2 N–H and O–H groups in total. The number of aryl methyl sites for hydroxylation is 2. The predicted molar refractivity (Wildman–Crippen MR) is 121 cm³/mol. The van der Waals surface area contributed by atoms with Gasteiger partial charge < -0.3 is 15.5 Å². The number of nitro groups is 1. The summed E-state index contributed by atoms with van der Waals surface area (Å²) in [4.78, 5) is 33.9. The number of rotatable bonds is 8. The molecular formula is C22H30N6O3. The van der Waals surface area contributed by atoms with Crippen molar-refractivity contribution in [3.63, 3.8) is 0 Å². The highest BCUT2D eigenvalue weighted by atomic mass is 16.6. The Kier molecular flexibility index (Phi) is 7.38. The second-order valence-corrected chi connectivity index (χ2v) is 8.01. The largest absolute Gasteiger partial charge is 0.354 e. The third-order valence-electron chi connectivity index (χ3n) is 5.37. The minimum Gasteiger partial charge on any atom is -0.354 e. The summed E-state index contributed by atoms with van der Waals surface area (Å²) in [6.45, 7) is 6.93. The Balaban J connectivity index is 1.87. The van der Waals surface area contributed by atoms with E-state index in [4.69, 9.17) is 4.98 Å². The number of hydrogen-bond acceptors (Lipinski definition) is 7. The van der Waals surface area contributed by atoms with E-state index in [9.17, 15) is 14.9 Å². The van der Waals surface area contributed by atoms with E-state index in [1.165, 1.54) is 13.0 Å². The normalized spacial score (nSPS) is 16.1. The van der Waals surface area contributed by atoms with Gasteiger partial charge in [-0.2, -0.15) is 4.98 Å². The first-order valence-corrected chi connectivity index (χ1v) is 10.8. The molecule has 9 nitrogen and oxygen atoms in total. The minimum atomic E-state index is -0.389. The van der Waals surface area contributed by atoms with Gasteiger partial charge in [0.1, 0.15) is 5.82 Å². The van der Waals surface area contributed by atoms with Crippen molar-refractivity contribution in [3.8, 4) is 0 Å². The van der Waals surface area contributed by atoms with E-state index in [2.05, 4.69) is 27.4 Å². The van der Waals surface area contributed by atoms with Gasteiger partial charge in [-0.3, -0.25) is 14.9 Å². The molecule has 1 aliphatic rings. The van der Waals surface area contributed by atoms with Gasteiger partial charge >= 0.3 is 0 Å². The third kappa shape index (κ3) is 6.13. The molecule has 0 radical (unpaired) electrons. The van der Waals surface area contributed by atoms with E-state index in [0.29, 0.717) is 23.7 Å². The highest BCUT2D eigenvalue weighted by Crippen LogP contribution is 2.26. The van der Waals surface area contributed by atoms with Crippen LogP contribution < -0.4 is 15.5 Å². The summed E-state index contributed by atoms with van der Waals surface area (Å²) in [5, 5.41) is 17.4. The summed E-state index contributed by atoms with van der Waals surface area (Å²) < 4.78 is 0. The molecule has 2 heterocycles. The number of unbranched alkanes of at least 4 members (excludes halogenated alkanes) is 1. The zero-order valence-electron chi connectivity index (χ0n) is 18.4. The van der Waals surface area contributed by atoms with Crippen molar-refractivity contribution >= 4 is 29.0 Å². The second-order valence-electron chi connectivity index (χ2n) is 8.01. The number of anilines is 3. The van der Waals surface area contributed by atoms with E-state index >= 15 is 0 Å². The first-order valence-electron chi connectivity index (χ1n) is 10.8. The molecule has 3 rings (SSSR count). The number of nitrogens with zero attached hydrogens (tertiary/aromatic N) is 4. The fourth-order valence-electron chi connectivity index (χ4n) is 3.79. The van der Waals surface area contributed by atoms with Crippen LogP contribution in [-0.4, -0.2) is 39.9 Å². The first kappa shape index (κ1) is 22.5. The lowest BCUT2D eigenvalue weighted by Crippen LogP contribution is -2.47. The van der Waals surface area contributed by atoms with Crippen LogP contribution in [0.4, 0.5) is 23.1 Å². The SMILES string of the molecule is CCCCc1cc(N2CCCC(NC(C)=O)C2)nc(Nc2ccc(C)c([N+](=O)[O-])c2)n1. The van der Waals surface area contributed by atoms with Gasteiger partial charge in [-0.1, -0.05) is 19.4 Å². The Morgan fingerprint density at radius 2 is 2.13 bits per heavy atom. The van der Waals surface area contributed by atoms with Gasteiger partial charge in [0, 0.05) is 55.1 Å². The van der Waals surface area contributed by atoms with Crippen molar-refractivity contribution in [2.24, 2.45) is 0 Å². The lowest BCUT2D eigenvalue weighted by molar-refractivity contribution is -0.385. The molecule has 1 aromatic heterocycles. The standard InChI is InChI=1S/C22H30N6O3/c1-4-5-7-17-13-21(27-11-6-8-19(14-27)23-16(3)29)26-22(24-17)25-18-10-9-15(2)20(12-18)28(30)31/h9-10,12-13,19H,4-8,11,14H2,1-3H3,(H,23,29)(H,24,25,26). The highest BCUT2D eigenvalue weighted by molar-refractivity contribution is 5.73. The van der Waals surface area contributed by atoms with Crippen LogP contribution in [-0.2, 0) is 11.2 Å². The summed E-state index contributed by atoms with van der Waals surface area (Å²) in [6.07, 6.45) is 4.81. The fourth-order valence-corrected chi connectivity index (χ4v) is 3.79. The maximum Gasteiger partial charge on any atom is 0.274 e. The average molecular weight is 427 g/mol. The van der Waals surface area contributed by atoms with Crippen LogP contribution in [0.2, 0.25) is 0 Å². The quantitative estimate of drug-likeness (QED) is 0.486. The highest BCUT2D eigenvalue weighted by Gasteiger charge is 2.22. The van der Waals surface area contributed by atoms with E-state index < -0.39 is 0 Å². The molecule has 2 aromatic rings. The van der Waals surface area contributed by atoms with Crippen molar-refractivity contribution in [1.82, 2.24) is 15.3 Å². The molecule has 0 spiro atoms. The van der Waals surface area contributed by atoms with Gasteiger partial charge in [0.2, 0.25) is 11.9 Å². The van der Waals surface area contributed by atoms with Crippen LogP contribution in [0.25, 0.3) is 0 Å². The molecule has 1 atom stereocenters. The smallest absolute Gasteiger partial charge is 0.274 e. The number of carbonyl (C=O) groups excluding carboxylic acids is 1. The van der Waals surface area contributed by atoms with Crippen LogP contribution >= 0.6 is 0 Å². The Morgan fingerprint density at radius 1 is 1.32 bits per heavy atom. The second kappa shape index (κ2) is 10.2.